The number of carbonyl (C=O) groups excluding carboxylic acids is 3. The van der Waals surface area contributed by atoms with Crippen LogP contribution in [-0.2, 0) is 28.6 Å². The summed E-state index contributed by atoms with van der Waals surface area (Å²) in [7, 11) is 0. The fourth-order valence-corrected chi connectivity index (χ4v) is 9.11. The highest BCUT2D eigenvalue weighted by Crippen LogP contribution is 2.19. The molecule has 0 aromatic heterocycles. The van der Waals surface area contributed by atoms with E-state index in [1.54, 1.807) is 0 Å². The quantitative estimate of drug-likeness (QED) is 0.0343. The second-order valence-electron chi connectivity index (χ2n) is 21.6. The van der Waals surface area contributed by atoms with Gasteiger partial charge in [0, 0.05) is 19.3 Å². The lowest BCUT2D eigenvalue weighted by molar-refractivity contribution is -0.167. The molecule has 0 amide bonds. The molecule has 0 fully saturated rings. The number of ether oxygens (including phenoxy) is 3. The largest absolute Gasteiger partial charge is 0.462 e. The monoisotopic (exact) mass is 933 g/mol. The van der Waals surface area contributed by atoms with Gasteiger partial charge in [-0.2, -0.15) is 0 Å². The minimum atomic E-state index is -0.764. The zero-order chi connectivity index (χ0) is 48.4. The first-order valence-electron chi connectivity index (χ1n) is 29.7. The van der Waals surface area contributed by atoms with Gasteiger partial charge in [-0.1, -0.05) is 292 Å². The third-order valence-electron chi connectivity index (χ3n) is 14.4. The van der Waals surface area contributed by atoms with Gasteiger partial charge in [0.05, 0.1) is 0 Å². The first kappa shape index (κ1) is 64.4. The number of rotatable bonds is 53. The van der Waals surface area contributed by atoms with Gasteiger partial charge >= 0.3 is 17.9 Å². The summed E-state index contributed by atoms with van der Waals surface area (Å²) in [5, 5.41) is 0. The highest BCUT2D eigenvalue weighted by Gasteiger charge is 2.19. The number of hydrogen-bond acceptors (Lipinski definition) is 6. The van der Waals surface area contributed by atoms with Gasteiger partial charge in [-0.3, -0.25) is 14.4 Å². The van der Waals surface area contributed by atoms with E-state index >= 15 is 0 Å². The zero-order valence-electron chi connectivity index (χ0n) is 45.5. The lowest BCUT2D eigenvalue weighted by atomic mass is 9.99. The number of carbonyl (C=O) groups is 3. The zero-order valence-corrected chi connectivity index (χ0v) is 45.5. The minimum absolute atomic E-state index is 0.0634. The van der Waals surface area contributed by atoms with Crippen molar-refractivity contribution < 1.29 is 28.6 Å². The average molecular weight is 934 g/mol. The molecule has 6 heteroatoms. The average Bonchev–Trinajstić information content (AvgIpc) is 3.30. The van der Waals surface area contributed by atoms with Crippen LogP contribution < -0.4 is 0 Å². The standard InChI is InChI=1S/C60H116O6/c1-7-55(5)47-41-35-29-23-17-13-9-10-14-18-25-31-37-43-49-58(61)64-52-57(53-65-59(62)50-44-38-32-26-21-20-24-30-36-42-48-56(6)8-2)66-60(63)51-45-39-33-27-19-15-11-12-16-22-28-34-40-46-54(3)4/h54-57H,7-53H2,1-6H3/t55?,56?,57-/m0/s1. The molecular formula is C60H116O6. The fourth-order valence-electron chi connectivity index (χ4n) is 9.11. The molecule has 66 heavy (non-hydrogen) atoms. The van der Waals surface area contributed by atoms with Gasteiger partial charge in [0.1, 0.15) is 13.2 Å². The summed E-state index contributed by atoms with van der Waals surface area (Å²) in [6, 6.07) is 0. The highest BCUT2D eigenvalue weighted by atomic mass is 16.6. The summed E-state index contributed by atoms with van der Waals surface area (Å²) >= 11 is 0. The van der Waals surface area contributed by atoms with Crippen LogP contribution in [0.5, 0.6) is 0 Å². The molecule has 0 heterocycles. The van der Waals surface area contributed by atoms with Gasteiger partial charge in [-0.15, -0.1) is 0 Å². The predicted octanol–water partition coefficient (Wildman–Crippen LogP) is 19.5. The number of hydrogen-bond donors (Lipinski definition) is 0. The smallest absolute Gasteiger partial charge is 0.306 e. The van der Waals surface area contributed by atoms with Crippen LogP contribution in [0.4, 0.5) is 0 Å². The maximum atomic E-state index is 12.9. The van der Waals surface area contributed by atoms with E-state index in [4.69, 9.17) is 14.2 Å². The van der Waals surface area contributed by atoms with Crippen LogP contribution in [0.15, 0.2) is 0 Å². The first-order valence-corrected chi connectivity index (χ1v) is 29.7. The Bertz CT molecular complexity index is 1030. The Balaban J connectivity index is 4.31. The van der Waals surface area contributed by atoms with Gasteiger partial charge in [0.2, 0.25) is 0 Å². The molecular weight excluding hydrogens is 817 g/mol. The fraction of sp³-hybridized carbons (Fsp3) is 0.950. The normalized spacial score (nSPS) is 13.0. The molecule has 0 N–H and O–H groups in total. The predicted molar refractivity (Wildman–Crippen MR) is 284 cm³/mol. The van der Waals surface area contributed by atoms with E-state index in [1.807, 2.05) is 0 Å². The Morgan fingerprint density at radius 1 is 0.303 bits per heavy atom. The van der Waals surface area contributed by atoms with Crippen molar-refractivity contribution in [3.8, 4) is 0 Å². The van der Waals surface area contributed by atoms with Crippen LogP contribution in [0.2, 0.25) is 0 Å². The maximum Gasteiger partial charge on any atom is 0.306 e. The topological polar surface area (TPSA) is 78.9 Å². The molecule has 0 saturated heterocycles. The van der Waals surface area contributed by atoms with Crippen molar-refractivity contribution in [2.45, 2.75) is 337 Å². The number of unbranched alkanes of at least 4 members (excludes halogenated alkanes) is 34. The molecule has 0 aromatic rings. The summed E-state index contributed by atoms with van der Waals surface area (Å²) < 4.78 is 16.9. The molecule has 0 radical (unpaired) electrons. The van der Waals surface area contributed by atoms with Crippen molar-refractivity contribution in [1.82, 2.24) is 0 Å². The summed E-state index contributed by atoms with van der Waals surface area (Å²) in [6.45, 7) is 13.8. The molecule has 392 valence electrons. The molecule has 0 rings (SSSR count). The summed E-state index contributed by atoms with van der Waals surface area (Å²) in [5.74, 6) is 1.76. The molecule has 2 unspecified atom stereocenters. The lowest BCUT2D eigenvalue weighted by Gasteiger charge is -2.18. The van der Waals surface area contributed by atoms with Crippen molar-refractivity contribution in [3.05, 3.63) is 0 Å². The van der Waals surface area contributed by atoms with Crippen LogP contribution in [0.3, 0.4) is 0 Å². The molecule has 3 atom stereocenters. The van der Waals surface area contributed by atoms with Gasteiger partial charge in [-0.05, 0) is 37.0 Å². The van der Waals surface area contributed by atoms with E-state index in [-0.39, 0.29) is 31.1 Å². The Morgan fingerprint density at radius 3 is 0.788 bits per heavy atom. The Morgan fingerprint density at radius 2 is 0.530 bits per heavy atom. The van der Waals surface area contributed by atoms with Gasteiger partial charge in [0.25, 0.3) is 0 Å². The van der Waals surface area contributed by atoms with Crippen LogP contribution >= 0.6 is 0 Å². The van der Waals surface area contributed by atoms with E-state index in [0.717, 1.165) is 75.5 Å². The Hall–Kier alpha value is -1.59. The Labute approximate surface area is 412 Å². The van der Waals surface area contributed by atoms with Gasteiger partial charge in [0.15, 0.2) is 6.10 Å². The molecule has 0 spiro atoms. The third kappa shape index (κ3) is 50.3. The molecule has 0 saturated carbocycles. The van der Waals surface area contributed by atoms with E-state index in [1.165, 1.54) is 212 Å². The van der Waals surface area contributed by atoms with Crippen LogP contribution in [0.1, 0.15) is 330 Å². The van der Waals surface area contributed by atoms with Crippen LogP contribution in [0, 0.1) is 17.8 Å². The second-order valence-corrected chi connectivity index (χ2v) is 21.6. The lowest BCUT2D eigenvalue weighted by Crippen LogP contribution is -2.30. The highest BCUT2D eigenvalue weighted by molar-refractivity contribution is 5.71. The van der Waals surface area contributed by atoms with E-state index in [0.29, 0.717) is 19.3 Å². The third-order valence-corrected chi connectivity index (χ3v) is 14.4. The Kier molecular flexibility index (Phi) is 50.0. The van der Waals surface area contributed by atoms with Crippen molar-refractivity contribution in [3.63, 3.8) is 0 Å². The van der Waals surface area contributed by atoms with Gasteiger partial charge in [-0.25, -0.2) is 0 Å². The molecule has 0 bridgehead atoms. The van der Waals surface area contributed by atoms with E-state index in [9.17, 15) is 14.4 Å². The van der Waals surface area contributed by atoms with Gasteiger partial charge < -0.3 is 14.2 Å². The van der Waals surface area contributed by atoms with Crippen molar-refractivity contribution in [1.29, 1.82) is 0 Å². The van der Waals surface area contributed by atoms with Crippen LogP contribution in [-0.4, -0.2) is 37.2 Å². The second kappa shape index (κ2) is 51.3. The van der Waals surface area contributed by atoms with E-state index < -0.39 is 6.10 Å². The van der Waals surface area contributed by atoms with E-state index in [2.05, 4.69) is 41.5 Å². The van der Waals surface area contributed by atoms with Crippen molar-refractivity contribution >= 4 is 17.9 Å². The van der Waals surface area contributed by atoms with Crippen molar-refractivity contribution in [2.24, 2.45) is 17.8 Å². The molecule has 0 aliphatic rings. The van der Waals surface area contributed by atoms with Crippen molar-refractivity contribution in [2.75, 3.05) is 13.2 Å². The molecule has 6 nitrogen and oxygen atoms in total. The molecule has 0 aromatic carbocycles. The first-order chi connectivity index (χ1) is 32.2. The van der Waals surface area contributed by atoms with Crippen LogP contribution in [0.25, 0.3) is 0 Å². The molecule has 0 aliphatic heterocycles. The molecule has 0 aliphatic carbocycles. The minimum Gasteiger partial charge on any atom is -0.462 e. The summed E-state index contributed by atoms with van der Waals surface area (Å²) in [5.41, 5.74) is 0. The maximum absolute atomic E-state index is 12.9. The SMILES string of the molecule is CCC(C)CCCCCCCCCCCCCCCCC(=O)OC[C@@H](COC(=O)CCCCCCCCCCCCC(C)CC)OC(=O)CCCCCCCCCCCCCCCC(C)C. The number of esters is 3. The summed E-state index contributed by atoms with van der Waals surface area (Å²) in [6.07, 6.45) is 53.6. The summed E-state index contributed by atoms with van der Waals surface area (Å²) in [4.78, 5) is 38.2.